The van der Waals surface area contributed by atoms with Gasteiger partial charge in [0.15, 0.2) is 5.69 Å². The van der Waals surface area contributed by atoms with Gasteiger partial charge in [0, 0.05) is 46.0 Å². The second kappa shape index (κ2) is 11.4. The van der Waals surface area contributed by atoms with Gasteiger partial charge < -0.3 is 14.5 Å². The van der Waals surface area contributed by atoms with Gasteiger partial charge in [-0.2, -0.15) is 0 Å². The number of ether oxygens (including phenoxy) is 1. The molecule has 0 aromatic heterocycles. The standard InChI is InChI=1S/C24H35N5O2/c1-8-29(9-2)20-17-15-19(16-18-20)28(7)25-23(24(30)31-10-3)27(6)22-14-12-11-13-21(22)26(4)5/h11-18H,8-10H2,1-7H3/p+1/b25-23+. The lowest BCUT2D eigenvalue weighted by molar-refractivity contribution is -0.703. The lowest BCUT2D eigenvalue weighted by Crippen LogP contribution is -3.08. The molecule has 0 aliphatic carbocycles. The van der Waals surface area contributed by atoms with E-state index in [9.17, 15) is 4.79 Å². The number of nitrogens with zero attached hydrogens (tertiary/aromatic N) is 4. The number of hydrogen-bond acceptors (Lipinski definition) is 6. The molecule has 0 spiro atoms. The minimum absolute atomic E-state index is 0.294. The van der Waals surface area contributed by atoms with E-state index in [2.05, 4.69) is 36.0 Å². The maximum absolute atomic E-state index is 12.8. The number of nitrogens with one attached hydrogen (secondary N) is 1. The molecule has 0 aliphatic heterocycles. The van der Waals surface area contributed by atoms with E-state index in [4.69, 9.17) is 4.74 Å². The summed E-state index contributed by atoms with van der Waals surface area (Å²) < 4.78 is 5.33. The molecule has 168 valence electrons. The molecule has 31 heavy (non-hydrogen) atoms. The van der Waals surface area contributed by atoms with Crippen LogP contribution in [0.25, 0.3) is 0 Å². The van der Waals surface area contributed by atoms with Gasteiger partial charge in [-0.3, -0.25) is 5.01 Å². The number of esters is 1. The Bertz CT molecular complexity index is 876. The molecule has 7 heteroatoms. The molecule has 0 saturated heterocycles. The Balaban J connectivity index is 2.40. The minimum Gasteiger partial charge on any atom is -0.457 e. The number of carbonyl (C=O) groups is 1. The van der Waals surface area contributed by atoms with E-state index < -0.39 is 5.97 Å². The van der Waals surface area contributed by atoms with Gasteiger partial charge in [0.25, 0.3) is 0 Å². The zero-order valence-corrected chi connectivity index (χ0v) is 19.8. The Hall–Kier alpha value is -3.06. The van der Waals surface area contributed by atoms with Gasteiger partial charge in [-0.1, -0.05) is 12.1 Å². The van der Waals surface area contributed by atoms with Crippen molar-refractivity contribution in [3.05, 3.63) is 48.5 Å². The van der Waals surface area contributed by atoms with Crippen molar-refractivity contribution < 1.29 is 14.4 Å². The Morgan fingerprint density at radius 3 is 2.06 bits per heavy atom. The lowest BCUT2D eigenvalue weighted by Gasteiger charge is -2.23. The van der Waals surface area contributed by atoms with E-state index in [0.717, 1.165) is 35.1 Å². The number of hydrogen-bond donors (Lipinski definition) is 1. The van der Waals surface area contributed by atoms with Crippen LogP contribution in [0.1, 0.15) is 20.8 Å². The third kappa shape index (κ3) is 5.98. The maximum atomic E-state index is 12.8. The Labute approximate surface area is 186 Å². The normalized spacial score (nSPS) is 12.3. The van der Waals surface area contributed by atoms with Gasteiger partial charge in [0.2, 0.25) is 0 Å². The second-order valence-electron chi connectivity index (χ2n) is 7.42. The quantitative estimate of drug-likeness (QED) is 0.304. The first-order valence-electron chi connectivity index (χ1n) is 10.8. The maximum Gasteiger partial charge on any atom is 0.415 e. The van der Waals surface area contributed by atoms with Crippen LogP contribution in [0.4, 0.5) is 22.7 Å². The van der Waals surface area contributed by atoms with Crippen molar-refractivity contribution in [2.75, 3.05) is 62.7 Å². The topological polar surface area (TPSA) is 52.8 Å². The fourth-order valence-corrected chi connectivity index (χ4v) is 3.45. The first-order valence-corrected chi connectivity index (χ1v) is 10.8. The average molecular weight is 427 g/mol. The number of para-hydroxylation sites is 2. The van der Waals surface area contributed by atoms with Crippen LogP contribution in [0.2, 0.25) is 0 Å². The van der Waals surface area contributed by atoms with Crippen LogP contribution in [0.15, 0.2) is 53.6 Å². The van der Waals surface area contributed by atoms with Crippen molar-refractivity contribution in [2.45, 2.75) is 20.8 Å². The molecule has 7 nitrogen and oxygen atoms in total. The van der Waals surface area contributed by atoms with Crippen molar-refractivity contribution >= 4 is 34.6 Å². The van der Waals surface area contributed by atoms with Crippen LogP contribution in [0.5, 0.6) is 0 Å². The number of quaternary nitrogens is 1. The number of carbonyl (C=O) groups excluding carboxylic acids is 1. The van der Waals surface area contributed by atoms with Crippen LogP contribution >= 0.6 is 0 Å². The van der Waals surface area contributed by atoms with Gasteiger partial charge in [0.05, 0.1) is 25.0 Å². The van der Waals surface area contributed by atoms with Crippen LogP contribution in [0, 0.1) is 0 Å². The molecular weight excluding hydrogens is 390 g/mol. The summed E-state index contributed by atoms with van der Waals surface area (Å²) >= 11 is 0. The first-order chi connectivity index (χ1) is 14.8. The van der Waals surface area contributed by atoms with Crippen LogP contribution < -0.4 is 19.7 Å². The number of anilines is 3. The summed E-state index contributed by atoms with van der Waals surface area (Å²) in [5, 5.41) is 6.39. The van der Waals surface area contributed by atoms with E-state index in [0.29, 0.717) is 12.4 Å². The molecule has 0 aliphatic rings. The second-order valence-corrected chi connectivity index (χ2v) is 7.42. The van der Waals surface area contributed by atoms with Crippen molar-refractivity contribution in [1.29, 1.82) is 0 Å². The third-order valence-electron chi connectivity index (χ3n) is 5.22. The number of hydrazone groups is 1. The summed E-state index contributed by atoms with van der Waals surface area (Å²) in [5.74, 6) is -0.133. The number of likely N-dealkylation sites (N-methyl/N-ethyl adjacent to an activating group) is 1. The highest BCUT2D eigenvalue weighted by Crippen LogP contribution is 2.21. The van der Waals surface area contributed by atoms with Crippen molar-refractivity contribution in [3.63, 3.8) is 0 Å². The molecule has 0 saturated carbocycles. The third-order valence-corrected chi connectivity index (χ3v) is 5.22. The Kier molecular flexibility index (Phi) is 8.88. The van der Waals surface area contributed by atoms with Crippen molar-refractivity contribution in [3.8, 4) is 0 Å². The monoisotopic (exact) mass is 426 g/mol. The minimum atomic E-state index is -0.430. The summed E-state index contributed by atoms with van der Waals surface area (Å²) in [4.78, 5) is 17.9. The fourth-order valence-electron chi connectivity index (χ4n) is 3.45. The molecule has 0 bridgehead atoms. The first kappa shape index (κ1) is 24.2. The molecule has 1 N–H and O–H groups in total. The zero-order valence-electron chi connectivity index (χ0n) is 19.8. The predicted octanol–water partition coefficient (Wildman–Crippen LogP) is 2.76. The highest BCUT2D eigenvalue weighted by Gasteiger charge is 2.29. The summed E-state index contributed by atoms with van der Waals surface area (Å²) in [7, 11) is 7.72. The molecular formula is C24H36N5O2+. The predicted molar refractivity (Wildman–Crippen MR) is 130 cm³/mol. The smallest absolute Gasteiger partial charge is 0.415 e. The summed E-state index contributed by atoms with van der Waals surface area (Å²) in [6, 6.07) is 16.2. The SMILES string of the molecule is CCOC(=O)/C(=N\N(C)c1ccc(N(CC)CC)cc1)[NH+](C)c1ccccc1N(C)C. The summed E-state index contributed by atoms with van der Waals surface area (Å²) in [6.07, 6.45) is 0. The molecule has 2 rings (SSSR count). The van der Waals surface area contributed by atoms with Gasteiger partial charge in [-0.05, 0) is 51.1 Å². The molecule has 0 amide bonds. The molecule has 1 atom stereocenters. The lowest BCUT2D eigenvalue weighted by atomic mass is 10.2. The molecule has 0 radical (unpaired) electrons. The van der Waals surface area contributed by atoms with E-state index in [1.807, 2.05) is 69.5 Å². The number of benzene rings is 2. The van der Waals surface area contributed by atoms with E-state index in [-0.39, 0.29) is 0 Å². The van der Waals surface area contributed by atoms with Gasteiger partial charge in [-0.15, -0.1) is 5.10 Å². The van der Waals surface area contributed by atoms with Crippen molar-refractivity contribution in [2.24, 2.45) is 5.10 Å². The summed E-state index contributed by atoms with van der Waals surface area (Å²) in [6.45, 7) is 8.29. The highest BCUT2D eigenvalue weighted by atomic mass is 16.5. The van der Waals surface area contributed by atoms with E-state index in [1.54, 1.807) is 11.9 Å². The number of amidine groups is 1. The van der Waals surface area contributed by atoms with Crippen molar-refractivity contribution in [1.82, 2.24) is 0 Å². The molecule has 1 unspecified atom stereocenters. The molecule has 2 aromatic rings. The highest BCUT2D eigenvalue weighted by molar-refractivity contribution is 6.31. The molecule has 0 heterocycles. The van der Waals surface area contributed by atoms with Gasteiger partial charge in [0.1, 0.15) is 0 Å². The summed E-state index contributed by atoms with van der Waals surface area (Å²) in [5.41, 5.74) is 4.03. The van der Waals surface area contributed by atoms with E-state index in [1.165, 1.54) is 5.69 Å². The fraction of sp³-hybridized carbons (Fsp3) is 0.417. The van der Waals surface area contributed by atoms with Crippen LogP contribution in [0.3, 0.4) is 0 Å². The number of rotatable bonds is 8. The van der Waals surface area contributed by atoms with Gasteiger partial charge in [-0.25, -0.2) is 9.69 Å². The Morgan fingerprint density at radius 1 is 0.935 bits per heavy atom. The average Bonchev–Trinajstić information content (AvgIpc) is 2.78. The van der Waals surface area contributed by atoms with Gasteiger partial charge >= 0.3 is 11.8 Å². The molecule has 2 aromatic carbocycles. The molecule has 0 fully saturated rings. The Morgan fingerprint density at radius 2 is 1.52 bits per heavy atom. The van der Waals surface area contributed by atoms with E-state index >= 15 is 0 Å². The van der Waals surface area contributed by atoms with Crippen LogP contribution in [-0.2, 0) is 9.53 Å². The zero-order chi connectivity index (χ0) is 23.0. The van der Waals surface area contributed by atoms with Crippen LogP contribution in [-0.4, -0.2) is 59.7 Å². The largest absolute Gasteiger partial charge is 0.457 e.